The van der Waals surface area contributed by atoms with Crippen molar-refractivity contribution < 1.29 is 0 Å². The van der Waals surface area contributed by atoms with E-state index in [1.807, 2.05) is 32.2 Å². The van der Waals surface area contributed by atoms with E-state index >= 15 is 0 Å². The topological polar surface area (TPSA) is 28.0 Å². The molecular weight excluding hydrogens is 258 g/mol. The summed E-state index contributed by atoms with van der Waals surface area (Å²) in [6.07, 6.45) is 7.39. The van der Waals surface area contributed by atoms with Gasteiger partial charge in [0.05, 0.1) is 0 Å². The summed E-state index contributed by atoms with van der Waals surface area (Å²) < 4.78 is 0. The Morgan fingerprint density at radius 1 is 1.29 bits per heavy atom. The third-order valence-corrected chi connectivity index (χ3v) is 3.55. The summed E-state index contributed by atoms with van der Waals surface area (Å²) in [4.78, 5) is 11.6. The molecule has 1 heterocycles. The first-order chi connectivity index (χ1) is 10.2. The van der Waals surface area contributed by atoms with E-state index < -0.39 is 0 Å². The van der Waals surface area contributed by atoms with Crippen molar-refractivity contribution >= 4 is 11.7 Å². The Labute approximate surface area is 127 Å². The van der Waals surface area contributed by atoms with Gasteiger partial charge in [-0.25, -0.2) is 9.98 Å². The Kier molecular flexibility index (Phi) is 5.09. The molecule has 0 bridgehead atoms. The van der Waals surface area contributed by atoms with Gasteiger partial charge in [-0.3, -0.25) is 0 Å². The molecule has 0 saturated heterocycles. The summed E-state index contributed by atoms with van der Waals surface area (Å²) in [6.45, 7) is 6.24. The highest BCUT2D eigenvalue weighted by Crippen LogP contribution is 2.17. The van der Waals surface area contributed by atoms with Crippen molar-refractivity contribution in [2.75, 3.05) is 7.05 Å². The summed E-state index contributed by atoms with van der Waals surface area (Å²) in [6, 6.07) is 10.3. The van der Waals surface area contributed by atoms with Gasteiger partial charge in [-0.15, -0.1) is 0 Å². The molecule has 0 spiro atoms. The molecule has 1 aliphatic heterocycles. The van der Waals surface area contributed by atoms with Crippen LogP contribution in [0.25, 0.3) is 0 Å². The van der Waals surface area contributed by atoms with Gasteiger partial charge in [0.25, 0.3) is 0 Å². The molecule has 0 aliphatic carbocycles. The zero-order valence-electron chi connectivity index (χ0n) is 13.2. The maximum absolute atomic E-state index is 4.78. The third kappa shape index (κ3) is 3.48. The molecule has 0 aromatic heterocycles. The number of hydrogen-bond acceptors (Lipinski definition) is 3. The highest BCUT2D eigenvalue weighted by atomic mass is 15.3. The predicted molar refractivity (Wildman–Crippen MR) is 90.8 cm³/mol. The van der Waals surface area contributed by atoms with Crippen molar-refractivity contribution in [2.24, 2.45) is 9.98 Å². The molecule has 1 atom stereocenters. The van der Waals surface area contributed by atoms with E-state index in [-0.39, 0.29) is 6.17 Å². The lowest BCUT2D eigenvalue weighted by Crippen LogP contribution is -2.39. The highest BCUT2D eigenvalue weighted by Gasteiger charge is 2.21. The lowest BCUT2D eigenvalue weighted by atomic mass is 10.1. The summed E-state index contributed by atoms with van der Waals surface area (Å²) in [5, 5.41) is 0. The number of amidine groups is 2. The first kappa shape index (κ1) is 15.2. The normalized spacial score (nSPS) is 19.7. The van der Waals surface area contributed by atoms with Crippen LogP contribution in [-0.2, 0) is 0 Å². The molecule has 0 N–H and O–H groups in total. The SMILES string of the molecule is C/C=C(\C=C/CC)C1=N[C@@H](C)N(C)C(c2ccccc2)=N1. The van der Waals surface area contributed by atoms with E-state index in [2.05, 4.69) is 49.1 Å². The van der Waals surface area contributed by atoms with E-state index in [0.717, 1.165) is 29.2 Å². The van der Waals surface area contributed by atoms with E-state index in [9.17, 15) is 0 Å². The van der Waals surface area contributed by atoms with Gasteiger partial charge in [-0.1, -0.05) is 55.5 Å². The molecule has 0 amide bonds. The van der Waals surface area contributed by atoms with Gasteiger partial charge in [-0.2, -0.15) is 0 Å². The molecule has 2 rings (SSSR count). The largest absolute Gasteiger partial charge is 0.337 e. The predicted octanol–water partition coefficient (Wildman–Crippen LogP) is 4.04. The monoisotopic (exact) mass is 281 g/mol. The van der Waals surface area contributed by atoms with Crippen LogP contribution in [0.4, 0.5) is 0 Å². The molecule has 1 aromatic carbocycles. The van der Waals surface area contributed by atoms with Crippen LogP contribution >= 0.6 is 0 Å². The van der Waals surface area contributed by atoms with Crippen LogP contribution in [0.3, 0.4) is 0 Å². The highest BCUT2D eigenvalue weighted by molar-refractivity contribution is 6.13. The van der Waals surface area contributed by atoms with Gasteiger partial charge < -0.3 is 4.90 Å². The Hall–Kier alpha value is -2.16. The van der Waals surface area contributed by atoms with Gasteiger partial charge >= 0.3 is 0 Å². The molecule has 1 aromatic rings. The second kappa shape index (κ2) is 7.02. The van der Waals surface area contributed by atoms with Crippen molar-refractivity contribution in [1.29, 1.82) is 0 Å². The third-order valence-electron chi connectivity index (χ3n) is 3.55. The molecule has 0 radical (unpaired) electrons. The summed E-state index contributed by atoms with van der Waals surface area (Å²) in [7, 11) is 2.04. The van der Waals surface area contributed by atoms with Crippen molar-refractivity contribution in [2.45, 2.75) is 33.4 Å². The number of rotatable bonds is 4. The molecule has 1 aliphatic rings. The first-order valence-electron chi connectivity index (χ1n) is 7.45. The van der Waals surface area contributed by atoms with E-state index in [1.54, 1.807) is 0 Å². The Morgan fingerprint density at radius 2 is 2.00 bits per heavy atom. The summed E-state index contributed by atoms with van der Waals surface area (Å²) in [5.74, 6) is 1.78. The van der Waals surface area contributed by atoms with Crippen LogP contribution < -0.4 is 0 Å². The lowest BCUT2D eigenvalue weighted by molar-refractivity contribution is 0.398. The standard InChI is InChI=1S/C18H23N3/c1-5-7-11-15(6-2)17-19-14(3)21(4)18(20-17)16-12-9-8-10-13-16/h6-14H,5H2,1-4H3/b11-7-,15-6+/t14-/m1/s1. The smallest absolute Gasteiger partial charge is 0.158 e. The molecule has 0 fully saturated rings. The van der Waals surface area contributed by atoms with Crippen LogP contribution in [0.2, 0.25) is 0 Å². The fourth-order valence-corrected chi connectivity index (χ4v) is 2.19. The number of allylic oxidation sites excluding steroid dienone is 2. The molecular formula is C18H23N3. The fraction of sp³-hybridized carbons (Fsp3) is 0.333. The second-order valence-electron chi connectivity index (χ2n) is 5.05. The quantitative estimate of drug-likeness (QED) is 0.766. The van der Waals surface area contributed by atoms with Crippen LogP contribution in [0.1, 0.15) is 32.8 Å². The van der Waals surface area contributed by atoms with Gasteiger partial charge in [0.1, 0.15) is 12.0 Å². The average molecular weight is 281 g/mol. The van der Waals surface area contributed by atoms with Gasteiger partial charge in [-0.05, 0) is 20.3 Å². The molecule has 110 valence electrons. The molecule has 21 heavy (non-hydrogen) atoms. The molecule has 3 nitrogen and oxygen atoms in total. The van der Waals surface area contributed by atoms with Crippen LogP contribution in [0.5, 0.6) is 0 Å². The number of benzene rings is 1. The van der Waals surface area contributed by atoms with Crippen LogP contribution in [0.15, 0.2) is 64.1 Å². The second-order valence-corrected chi connectivity index (χ2v) is 5.05. The Balaban J connectivity index is 2.41. The van der Waals surface area contributed by atoms with E-state index in [1.165, 1.54) is 0 Å². The van der Waals surface area contributed by atoms with Crippen LogP contribution in [-0.4, -0.2) is 29.8 Å². The zero-order chi connectivity index (χ0) is 15.2. The summed E-state index contributed by atoms with van der Waals surface area (Å²) in [5.41, 5.74) is 2.19. The summed E-state index contributed by atoms with van der Waals surface area (Å²) >= 11 is 0. The minimum Gasteiger partial charge on any atom is -0.337 e. The molecule has 0 saturated carbocycles. The lowest BCUT2D eigenvalue weighted by Gasteiger charge is -2.30. The van der Waals surface area contributed by atoms with Gasteiger partial charge in [0.2, 0.25) is 0 Å². The number of aliphatic imine (C=N–C) groups is 2. The number of nitrogens with zero attached hydrogens (tertiary/aromatic N) is 3. The number of hydrogen-bond donors (Lipinski definition) is 0. The van der Waals surface area contributed by atoms with Crippen molar-refractivity contribution in [3.8, 4) is 0 Å². The van der Waals surface area contributed by atoms with Gasteiger partial charge in [0.15, 0.2) is 5.84 Å². The Morgan fingerprint density at radius 3 is 2.62 bits per heavy atom. The zero-order valence-corrected chi connectivity index (χ0v) is 13.2. The van der Waals surface area contributed by atoms with Crippen molar-refractivity contribution in [3.63, 3.8) is 0 Å². The average Bonchev–Trinajstić information content (AvgIpc) is 2.52. The minimum absolute atomic E-state index is 0.0812. The van der Waals surface area contributed by atoms with Crippen molar-refractivity contribution in [1.82, 2.24) is 4.90 Å². The molecule has 3 heteroatoms. The fourth-order valence-electron chi connectivity index (χ4n) is 2.19. The first-order valence-corrected chi connectivity index (χ1v) is 7.45. The van der Waals surface area contributed by atoms with Crippen molar-refractivity contribution in [3.05, 3.63) is 59.7 Å². The van der Waals surface area contributed by atoms with Crippen LogP contribution in [0, 0.1) is 0 Å². The maximum Gasteiger partial charge on any atom is 0.158 e. The maximum atomic E-state index is 4.78. The minimum atomic E-state index is 0.0812. The molecule has 0 unspecified atom stereocenters. The van der Waals surface area contributed by atoms with E-state index in [4.69, 9.17) is 9.98 Å². The van der Waals surface area contributed by atoms with Gasteiger partial charge in [0, 0.05) is 18.2 Å². The van der Waals surface area contributed by atoms with E-state index in [0.29, 0.717) is 0 Å². The Bertz CT molecular complexity index is 594.